The third kappa shape index (κ3) is 6.54. The average molecular weight is 405 g/mol. The molecule has 1 amide bonds. The number of hydrogen-bond donors (Lipinski definition) is 1. The summed E-state index contributed by atoms with van der Waals surface area (Å²) in [5, 5.41) is 3.31. The Kier molecular flexibility index (Phi) is 9.09. The maximum Gasteiger partial charge on any atom is 0.224 e. The van der Waals surface area contributed by atoms with Crippen LogP contribution in [0.5, 0.6) is 11.5 Å². The molecule has 1 N–H and O–H groups in total. The van der Waals surface area contributed by atoms with Crippen LogP contribution in [0, 0.1) is 0 Å². The number of aliphatic imine (C=N–C) groups is 1. The largest absolute Gasteiger partial charge is 0.497 e. The van der Waals surface area contributed by atoms with Gasteiger partial charge < -0.3 is 24.6 Å². The fourth-order valence-corrected chi connectivity index (χ4v) is 3.65. The van der Waals surface area contributed by atoms with Crippen LogP contribution in [0.3, 0.4) is 0 Å². The van der Waals surface area contributed by atoms with Gasteiger partial charge in [0.15, 0.2) is 5.96 Å². The van der Waals surface area contributed by atoms with E-state index in [-0.39, 0.29) is 5.91 Å². The van der Waals surface area contributed by atoms with Gasteiger partial charge >= 0.3 is 0 Å². The molecule has 1 aromatic rings. The molecule has 7 nitrogen and oxygen atoms in total. The SMILES string of the molecule is CCNC(=NCCC(=O)N1CCCCC1C)N(C)Cc1ccc(OC)cc1OC. The van der Waals surface area contributed by atoms with Crippen LogP contribution in [-0.2, 0) is 11.3 Å². The summed E-state index contributed by atoms with van der Waals surface area (Å²) in [6.45, 7) is 6.93. The monoisotopic (exact) mass is 404 g/mol. The Balaban J connectivity index is 1.99. The third-order valence-corrected chi connectivity index (χ3v) is 5.31. The van der Waals surface area contributed by atoms with E-state index in [0.29, 0.717) is 25.6 Å². The zero-order chi connectivity index (χ0) is 21.2. The van der Waals surface area contributed by atoms with Gasteiger partial charge in [-0.2, -0.15) is 0 Å². The van der Waals surface area contributed by atoms with Crippen LogP contribution in [0.2, 0.25) is 0 Å². The van der Waals surface area contributed by atoms with Crippen LogP contribution in [0.4, 0.5) is 0 Å². The highest BCUT2D eigenvalue weighted by atomic mass is 16.5. The lowest BCUT2D eigenvalue weighted by atomic mass is 10.0. The Morgan fingerprint density at radius 2 is 2.10 bits per heavy atom. The lowest BCUT2D eigenvalue weighted by molar-refractivity contribution is -0.134. The van der Waals surface area contributed by atoms with E-state index in [1.165, 1.54) is 6.42 Å². The van der Waals surface area contributed by atoms with Crippen LogP contribution < -0.4 is 14.8 Å². The number of benzene rings is 1. The summed E-state index contributed by atoms with van der Waals surface area (Å²) in [5.74, 6) is 2.53. The quantitative estimate of drug-likeness (QED) is 0.533. The average Bonchev–Trinajstić information content (AvgIpc) is 2.73. The van der Waals surface area contributed by atoms with Gasteiger partial charge in [-0.15, -0.1) is 0 Å². The first-order chi connectivity index (χ1) is 14.0. The molecule has 0 saturated carbocycles. The van der Waals surface area contributed by atoms with Crippen molar-refractivity contribution in [1.29, 1.82) is 0 Å². The number of guanidine groups is 1. The molecule has 7 heteroatoms. The number of nitrogens with zero attached hydrogens (tertiary/aromatic N) is 3. The number of rotatable bonds is 8. The Labute approximate surface area is 175 Å². The van der Waals surface area contributed by atoms with Gasteiger partial charge in [0.2, 0.25) is 5.91 Å². The first kappa shape index (κ1) is 22.8. The molecule has 0 spiro atoms. The van der Waals surface area contributed by atoms with Crippen molar-refractivity contribution in [2.24, 2.45) is 4.99 Å². The second-order valence-corrected chi connectivity index (χ2v) is 7.45. The van der Waals surface area contributed by atoms with Crippen molar-refractivity contribution in [3.05, 3.63) is 23.8 Å². The van der Waals surface area contributed by atoms with Crippen molar-refractivity contribution in [2.45, 2.75) is 52.1 Å². The minimum Gasteiger partial charge on any atom is -0.497 e. The van der Waals surface area contributed by atoms with Crippen LogP contribution >= 0.6 is 0 Å². The smallest absolute Gasteiger partial charge is 0.224 e. The third-order valence-electron chi connectivity index (χ3n) is 5.31. The van der Waals surface area contributed by atoms with E-state index in [2.05, 4.69) is 17.2 Å². The highest BCUT2D eigenvalue weighted by molar-refractivity contribution is 5.81. The van der Waals surface area contributed by atoms with Crippen molar-refractivity contribution < 1.29 is 14.3 Å². The Morgan fingerprint density at radius 3 is 2.76 bits per heavy atom. The summed E-state index contributed by atoms with van der Waals surface area (Å²) in [7, 11) is 5.28. The van der Waals surface area contributed by atoms with Gasteiger partial charge in [0.1, 0.15) is 11.5 Å². The Bertz CT molecular complexity index is 693. The highest BCUT2D eigenvalue weighted by Crippen LogP contribution is 2.25. The van der Waals surface area contributed by atoms with Crippen molar-refractivity contribution in [3.63, 3.8) is 0 Å². The minimum atomic E-state index is 0.205. The minimum absolute atomic E-state index is 0.205. The number of methoxy groups -OCH3 is 2. The van der Waals surface area contributed by atoms with Gasteiger partial charge in [-0.25, -0.2) is 0 Å². The maximum atomic E-state index is 12.5. The molecule has 1 atom stereocenters. The number of carbonyl (C=O) groups is 1. The molecule has 1 unspecified atom stereocenters. The number of ether oxygens (including phenoxy) is 2. The van der Waals surface area contributed by atoms with E-state index in [1.54, 1.807) is 14.2 Å². The molecule has 1 saturated heterocycles. The van der Waals surface area contributed by atoms with Crippen molar-refractivity contribution in [1.82, 2.24) is 15.1 Å². The molecule has 1 aliphatic rings. The molecule has 162 valence electrons. The van der Waals surface area contributed by atoms with E-state index < -0.39 is 0 Å². The summed E-state index contributed by atoms with van der Waals surface area (Å²) < 4.78 is 10.8. The predicted molar refractivity (Wildman–Crippen MR) is 117 cm³/mol. The van der Waals surface area contributed by atoms with Gasteiger partial charge in [0.25, 0.3) is 0 Å². The van der Waals surface area contributed by atoms with E-state index >= 15 is 0 Å². The Morgan fingerprint density at radius 1 is 1.31 bits per heavy atom. The van der Waals surface area contributed by atoms with Gasteiger partial charge in [-0.05, 0) is 45.2 Å². The van der Waals surface area contributed by atoms with Gasteiger partial charge in [-0.1, -0.05) is 0 Å². The molecule has 2 rings (SSSR count). The first-order valence-corrected chi connectivity index (χ1v) is 10.5. The lowest BCUT2D eigenvalue weighted by Gasteiger charge is -2.33. The van der Waals surface area contributed by atoms with Gasteiger partial charge in [0.05, 0.1) is 20.8 Å². The second-order valence-electron chi connectivity index (χ2n) is 7.45. The predicted octanol–water partition coefficient (Wildman–Crippen LogP) is 2.89. The van der Waals surface area contributed by atoms with Crippen molar-refractivity contribution in [2.75, 3.05) is 40.9 Å². The summed E-state index contributed by atoms with van der Waals surface area (Å²) >= 11 is 0. The number of nitrogens with one attached hydrogen (secondary N) is 1. The molecular weight excluding hydrogens is 368 g/mol. The van der Waals surface area contributed by atoms with Crippen LogP contribution in [0.25, 0.3) is 0 Å². The van der Waals surface area contributed by atoms with Crippen LogP contribution in [0.15, 0.2) is 23.2 Å². The van der Waals surface area contributed by atoms with E-state index in [1.807, 2.05) is 42.0 Å². The molecule has 1 aliphatic heterocycles. The zero-order valence-electron chi connectivity index (χ0n) is 18.5. The van der Waals surface area contributed by atoms with E-state index in [9.17, 15) is 4.79 Å². The lowest BCUT2D eigenvalue weighted by Crippen LogP contribution is -2.42. The summed E-state index contributed by atoms with van der Waals surface area (Å²) in [5.41, 5.74) is 1.04. The molecular formula is C22H36N4O3. The molecule has 1 aromatic carbocycles. The summed E-state index contributed by atoms with van der Waals surface area (Å²) in [4.78, 5) is 21.3. The van der Waals surface area contributed by atoms with Crippen molar-refractivity contribution in [3.8, 4) is 11.5 Å². The number of hydrogen-bond acceptors (Lipinski definition) is 4. The van der Waals surface area contributed by atoms with Crippen LogP contribution in [-0.4, -0.2) is 68.6 Å². The number of piperidine rings is 1. The first-order valence-electron chi connectivity index (χ1n) is 10.5. The summed E-state index contributed by atoms with van der Waals surface area (Å²) in [6.07, 6.45) is 3.87. The molecule has 29 heavy (non-hydrogen) atoms. The standard InChI is InChI=1S/C22H36N4O3/c1-6-23-22(24-13-12-21(27)26-14-8-7-9-17(26)2)25(3)16-18-10-11-19(28-4)15-20(18)29-5/h10-11,15,17H,6-9,12-14,16H2,1-5H3,(H,23,24). The van der Waals surface area contributed by atoms with Gasteiger partial charge in [0, 0.05) is 50.8 Å². The molecule has 0 aromatic heterocycles. The van der Waals surface area contributed by atoms with E-state index in [4.69, 9.17) is 9.47 Å². The Hall–Kier alpha value is -2.44. The maximum absolute atomic E-state index is 12.5. The summed E-state index contributed by atoms with van der Waals surface area (Å²) in [6, 6.07) is 6.15. The fourth-order valence-electron chi connectivity index (χ4n) is 3.65. The molecule has 0 bridgehead atoms. The number of carbonyl (C=O) groups excluding carboxylic acids is 1. The highest BCUT2D eigenvalue weighted by Gasteiger charge is 2.22. The number of likely N-dealkylation sites (tertiary alicyclic amines) is 1. The normalized spacial score (nSPS) is 17.1. The van der Waals surface area contributed by atoms with Crippen molar-refractivity contribution >= 4 is 11.9 Å². The van der Waals surface area contributed by atoms with E-state index in [0.717, 1.165) is 49.0 Å². The van der Waals surface area contributed by atoms with Crippen LogP contribution in [0.1, 0.15) is 45.1 Å². The molecule has 1 fully saturated rings. The fraction of sp³-hybridized carbons (Fsp3) is 0.636. The molecule has 1 heterocycles. The molecule has 0 radical (unpaired) electrons. The zero-order valence-corrected chi connectivity index (χ0v) is 18.5. The number of amides is 1. The second kappa shape index (κ2) is 11.5. The van der Waals surface area contributed by atoms with Gasteiger partial charge in [-0.3, -0.25) is 9.79 Å². The topological polar surface area (TPSA) is 66.4 Å². The molecule has 0 aliphatic carbocycles.